The molecule has 0 aliphatic carbocycles. The van der Waals surface area contributed by atoms with Crippen molar-refractivity contribution < 1.29 is 19.4 Å². The monoisotopic (exact) mass is 266 g/mol. The number of aromatic carboxylic acids is 1. The number of carbonyl (C=O) groups excluding carboxylic acids is 1. The standard InChI is InChI=1S/C13H18N2O4/c1-8(2)7-14-13(18)15-9-4-5-10(12(16)17)11(6-9)19-3/h4-6,8H,7H2,1-3H3,(H,16,17)(H2,14,15,18). The van der Waals surface area contributed by atoms with Crippen LogP contribution in [0.25, 0.3) is 0 Å². The van der Waals surface area contributed by atoms with Gasteiger partial charge in [-0.05, 0) is 18.1 Å². The summed E-state index contributed by atoms with van der Waals surface area (Å²) in [5, 5.41) is 14.2. The lowest BCUT2D eigenvalue weighted by Gasteiger charge is -2.11. The van der Waals surface area contributed by atoms with Crippen molar-refractivity contribution in [3.05, 3.63) is 23.8 Å². The van der Waals surface area contributed by atoms with Crippen molar-refractivity contribution in [2.75, 3.05) is 19.0 Å². The molecule has 2 amide bonds. The van der Waals surface area contributed by atoms with Gasteiger partial charge in [0, 0.05) is 18.3 Å². The molecule has 1 aromatic carbocycles. The Balaban J connectivity index is 2.74. The van der Waals surface area contributed by atoms with E-state index in [0.29, 0.717) is 18.2 Å². The van der Waals surface area contributed by atoms with E-state index in [1.54, 1.807) is 0 Å². The Morgan fingerprint density at radius 3 is 2.58 bits per heavy atom. The van der Waals surface area contributed by atoms with Crippen LogP contribution in [0.1, 0.15) is 24.2 Å². The highest BCUT2D eigenvalue weighted by atomic mass is 16.5. The van der Waals surface area contributed by atoms with E-state index in [0.717, 1.165) is 0 Å². The molecule has 19 heavy (non-hydrogen) atoms. The quantitative estimate of drug-likeness (QED) is 0.762. The topological polar surface area (TPSA) is 87.7 Å². The summed E-state index contributed by atoms with van der Waals surface area (Å²) in [5.74, 6) is -0.517. The van der Waals surface area contributed by atoms with Gasteiger partial charge in [-0.1, -0.05) is 13.8 Å². The Morgan fingerprint density at radius 2 is 2.05 bits per heavy atom. The number of nitrogens with one attached hydrogen (secondary N) is 2. The maximum atomic E-state index is 11.6. The average molecular weight is 266 g/mol. The largest absolute Gasteiger partial charge is 0.496 e. The van der Waals surface area contributed by atoms with Crippen molar-refractivity contribution in [3.63, 3.8) is 0 Å². The van der Waals surface area contributed by atoms with Crippen LogP contribution >= 0.6 is 0 Å². The van der Waals surface area contributed by atoms with E-state index < -0.39 is 5.97 Å². The van der Waals surface area contributed by atoms with Gasteiger partial charge in [0.1, 0.15) is 11.3 Å². The molecular weight excluding hydrogens is 248 g/mol. The molecule has 1 rings (SSSR count). The average Bonchev–Trinajstić information content (AvgIpc) is 2.35. The van der Waals surface area contributed by atoms with E-state index in [1.165, 1.54) is 25.3 Å². The summed E-state index contributed by atoms with van der Waals surface area (Å²) >= 11 is 0. The number of carboxylic acids is 1. The van der Waals surface area contributed by atoms with Crippen molar-refractivity contribution >= 4 is 17.7 Å². The van der Waals surface area contributed by atoms with E-state index in [-0.39, 0.29) is 17.3 Å². The van der Waals surface area contributed by atoms with Gasteiger partial charge in [-0.2, -0.15) is 0 Å². The normalized spacial score (nSPS) is 10.1. The number of ether oxygens (including phenoxy) is 1. The molecule has 0 fully saturated rings. The Hall–Kier alpha value is -2.24. The number of carboxylic acid groups (broad SMARTS) is 1. The lowest BCUT2D eigenvalue weighted by atomic mass is 10.2. The van der Waals surface area contributed by atoms with Crippen LogP contribution in [-0.4, -0.2) is 30.8 Å². The molecule has 104 valence electrons. The summed E-state index contributed by atoms with van der Waals surface area (Å²) in [5.41, 5.74) is 0.527. The maximum Gasteiger partial charge on any atom is 0.339 e. The molecule has 0 unspecified atom stereocenters. The van der Waals surface area contributed by atoms with Gasteiger partial charge in [0.25, 0.3) is 0 Å². The zero-order valence-electron chi connectivity index (χ0n) is 11.2. The van der Waals surface area contributed by atoms with Crippen LogP contribution in [-0.2, 0) is 0 Å². The predicted octanol–water partition coefficient (Wildman–Crippen LogP) is 2.17. The summed E-state index contributed by atoms with van der Waals surface area (Å²) in [6.07, 6.45) is 0. The first-order valence-corrected chi connectivity index (χ1v) is 5.90. The van der Waals surface area contributed by atoms with Crippen LogP contribution in [0.15, 0.2) is 18.2 Å². The van der Waals surface area contributed by atoms with Gasteiger partial charge in [0.2, 0.25) is 0 Å². The molecule has 0 saturated heterocycles. The van der Waals surface area contributed by atoms with Gasteiger partial charge in [-0.3, -0.25) is 0 Å². The van der Waals surface area contributed by atoms with Gasteiger partial charge in [0.05, 0.1) is 7.11 Å². The zero-order valence-corrected chi connectivity index (χ0v) is 11.2. The molecule has 0 spiro atoms. The second-order valence-corrected chi connectivity index (χ2v) is 4.45. The van der Waals surface area contributed by atoms with Crippen LogP contribution in [0.5, 0.6) is 5.75 Å². The minimum Gasteiger partial charge on any atom is -0.496 e. The number of rotatable bonds is 5. The first-order chi connectivity index (χ1) is 8.93. The van der Waals surface area contributed by atoms with Crippen molar-refractivity contribution in [2.45, 2.75) is 13.8 Å². The summed E-state index contributed by atoms with van der Waals surface area (Å²) in [6.45, 7) is 4.55. The predicted molar refractivity (Wildman–Crippen MR) is 71.8 cm³/mol. The van der Waals surface area contributed by atoms with Crippen LogP contribution in [0.3, 0.4) is 0 Å². The highest BCUT2D eigenvalue weighted by molar-refractivity contribution is 5.94. The van der Waals surface area contributed by atoms with Crippen LogP contribution < -0.4 is 15.4 Å². The SMILES string of the molecule is COc1cc(NC(=O)NCC(C)C)ccc1C(=O)O. The minimum absolute atomic E-state index is 0.0515. The number of urea groups is 1. The molecule has 0 aromatic heterocycles. The lowest BCUT2D eigenvalue weighted by molar-refractivity contribution is 0.0693. The second-order valence-electron chi connectivity index (χ2n) is 4.45. The van der Waals surface area contributed by atoms with E-state index in [2.05, 4.69) is 10.6 Å². The third kappa shape index (κ3) is 4.50. The minimum atomic E-state index is -1.08. The fourth-order valence-electron chi connectivity index (χ4n) is 1.42. The second kappa shape index (κ2) is 6.63. The molecule has 6 nitrogen and oxygen atoms in total. The van der Waals surface area contributed by atoms with E-state index in [4.69, 9.17) is 9.84 Å². The molecule has 0 aliphatic rings. The van der Waals surface area contributed by atoms with E-state index in [9.17, 15) is 9.59 Å². The molecule has 1 aromatic rings. The van der Waals surface area contributed by atoms with Gasteiger partial charge >= 0.3 is 12.0 Å². The van der Waals surface area contributed by atoms with Crippen molar-refractivity contribution in [2.24, 2.45) is 5.92 Å². The summed E-state index contributed by atoms with van der Waals surface area (Å²) < 4.78 is 4.97. The van der Waals surface area contributed by atoms with Gasteiger partial charge in [-0.25, -0.2) is 9.59 Å². The van der Waals surface area contributed by atoms with Crippen molar-refractivity contribution in [3.8, 4) is 5.75 Å². The van der Waals surface area contributed by atoms with Crippen LogP contribution in [0.2, 0.25) is 0 Å². The Morgan fingerprint density at radius 1 is 1.37 bits per heavy atom. The summed E-state index contributed by atoms with van der Waals surface area (Å²) in [4.78, 5) is 22.5. The molecule has 0 heterocycles. The van der Waals surface area contributed by atoms with Gasteiger partial charge in [0.15, 0.2) is 0 Å². The van der Waals surface area contributed by atoms with Crippen molar-refractivity contribution in [1.29, 1.82) is 0 Å². The fraction of sp³-hybridized carbons (Fsp3) is 0.385. The lowest BCUT2D eigenvalue weighted by Crippen LogP contribution is -2.31. The smallest absolute Gasteiger partial charge is 0.339 e. The number of anilines is 1. The molecule has 6 heteroatoms. The Labute approximate surface area is 111 Å². The molecule has 0 aliphatic heterocycles. The highest BCUT2D eigenvalue weighted by Crippen LogP contribution is 2.23. The molecular formula is C13H18N2O4. The van der Waals surface area contributed by atoms with Gasteiger partial charge < -0.3 is 20.5 Å². The first kappa shape index (κ1) is 14.8. The first-order valence-electron chi connectivity index (χ1n) is 5.90. The Bertz CT molecular complexity index is 472. The number of methoxy groups -OCH3 is 1. The molecule has 0 bridgehead atoms. The molecule has 0 saturated carbocycles. The van der Waals surface area contributed by atoms with E-state index >= 15 is 0 Å². The number of benzene rings is 1. The third-order valence-electron chi connectivity index (χ3n) is 2.36. The number of hydrogen-bond donors (Lipinski definition) is 3. The van der Waals surface area contributed by atoms with Gasteiger partial charge in [-0.15, -0.1) is 0 Å². The summed E-state index contributed by atoms with van der Waals surface area (Å²) in [6, 6.07) is 4.04. The maximum absolute atomic E-state index is 11.6. The van der Waals surface area contributed by atoms with Crippen LogP contribution in [0.4, 0.5) is 10.5 Å². The molecule has 0 radical (unpaired) electrons. The van der Waals surface area contributed by atoms with Crippen molar-refractivity contribution in [1.82, 2.24) is 5.32 Å². The third-order valence-corrected chi connectivity index (χ3v) is 2.36. The molecule has 3 N–H and O–H groups in total. The number of amides is 2. The summed E-state index contributed by atoms with van der Waals surface area (Å²) in [7, 11) is 1.38. The van der Waals surface area contributed by atoms with Crippen LogP contribution in [0, 0.1) is 5.92 Å². The molecule has 0 atom stereocenters. The van der Waals surface area contributed by atoms with E-state index in [1.807, 2.05) is 13.8 Å². The number of carbonyl (C=O) groups is 2. The number of hydrogen-bond acceptors (Lipinski definition) is 3. The fourth-order valence-corrected chi connectivity index (χ4v) is 1.42. The highest BCUT2D eigenvalue weighted by Gasteiger charge is 2.12. The Kier molecular flexibility index (Phi) is 5.17. The zero-order chi connectivity index (χ0) is 14.4.